The maximum absolute atomic E-state index is 5.36. The first-order valence-corrected chi connectivity index (χ1v) is 8.50. The van der Waals surface area contributed by atoms with Crippen molar-refractivity contribution in [1.82, 2.24) is 15.4 Å². The fourth-order valence-electron chi connectivity index (χ4n) is 2.34. The molecule has 0 aliphatic carbocycles. The molecule has 0 spiro atoms. The van der Waals surface area contributed by atoms with Crippen molar-refractivity contribution < 1.29 is 4.52 Å². The summed E-state index contributed by atoms with van der Waals surface area (Å²) in [6.45, 7) is 10.5. The highest BCUT2D eigenvalue weighted by Crippen LogP contribution is 2.14. The van der Waals surface area contributed by atoms with Crippen molar-refractivity contribution in [1.29, 1.82) is 0 Å². The van der Waals surface area contributed by atoms with Gasteiger partial charge < -0.3 is 14.7 Å². The second-order valence-electron chi connectivity index (χ2n) is 6.38. The van der Waals surface area contributed by atoms with Crippen LogP contribution in [0.25, 0.3) is 0 Å². The first kappa shape index (κ1) is 18.0. The standard InChI is InChI=1S/C19H28N4O/c1-6-20-19(21-12-17-11-18(14(2)3)22-24-17)23(5)13-16-9-7-15(4)8-10-16/h7-11,14H,6,12-13H2,1-5H3,(H,20,21). The van der Waals surface area contributed by atoms with Crippen LogP contribution in [-0.2, 0) is 13.1 Å². The summed E-state index contributed by atoms with van der Waals surface area (Å²) in [6.07, 6.45) is 0. The summed E-state index contributed by atoms with van der Waals surface area (Å²) in [5.74, 6) is 2.02. The first-order chi connectivity index (χ1) is 11.5. The molecule has 0 saturated carbocycles. The van der Waals surface area contributed by atoms with Crippen molar-refractivity contribution in [2.75, 3.05) is 13.6 Å². The number of hydrogen-bond donors (Lipinski definition) is 1. The van der Waals surface area contributed by atoms with E-state index in [2.05, 4.69) is 72.3 Å². The largest absolute Gasteiger partial charge is 0.359 e. The highest BCUT2D eigenvalue weighted by atomic mass is 16.5. The topological polar surface area (TPSA) is 53.7 Å². The van der Waals surface area contributed by atoms with Gasteiger partial charge in [-0.1, -0.05) is 48.8 Å². The molecule has 24 heavy (non-hydrogen) atoms. The van der Waals surface area contributed by atoms with Crippen LogP contribution in [0.15, 0.2) is 39.8 Å². The van der Waals surface area contributed by atoms with Crippen LogP contribution in [0.3, 0.4) is 0 Å². The Labute approximate surface area is 144 Å². The summed E-state index contributed by atoms with van der Waals surface area (Å²) >= 11 is 0. The Kier molecular flexibility index (Phi) is 6.41. The van der Waals surface area contributed by atoms with Crippen LogP contribution < -0.4 is 5.32 Å². The number of aliphatic imine (C=N–C) groups is 1. The molecule has 2 aromatic rings. The Balaban J connectivity index is 2.04. The van der Waals surface area contributed by atoms with Crippen LogP contribution >= 0.6 is 0 Å². The second kappa shape index (κ2) is 8.52. The number of rotatable bonds is 6. The third-order valence-electron chi connectivity index (χ3n) is 3.79. The third-order valence-corrected chi connectivity index (χ3v) is 3.79. The Hall–Kier alpha value is -2.30. The van der Waals surface area contributed by atoms with Crippen LogP contribution in [0.1, 0.15) is 49.3 Å². The summed E-state index contributed by atoms with van der Waals surface area (Å²) in [5, 5.41) is 7.41. The van der Waals surface area contributed by atoms with Gasteiger partial charge in [-0.25, -0.2) is 4.99 Å². The quantitative estimate of drug-likeness (QED) is 0.649. The highest BCUT2D eigenvalue weighted by molar-refractivity contribution is 5.79. The average Bonchev–Trinajstić information content (AvgIpc) is 3.02. The normalized spacial score (nSPS) is 11.8. The molecule has 1 N–H and O–H groups in total. The van der Waals surface area contributed by atoms with Gasteiger partial charge in [0.15, 0.2) is 11.7 Å². The number of benzene rings is 1. The van der Waals surface area contributed by atoms with Crippen molar-refractivity contribution in [3.8, 4) is 0 Å². The number of nitrogens with zero attached hydrogens (tertiary/aromatic N) is 3. The van der Waals surface area contributed by atoms with Gasteiger partial charge in [-0.05, 0) is 25.3 Å². The van der Waals surface area contributed by atoms with Gasteiger partial charge in [-0.3, -0.25) is 0 Å². The average molecular weight is 328 g/mol. The predicted octanol–water partition coefficient (Wildman–Crippen LogP) is 3.70. The van der Waals surface area contributed by atoms with E-state index in [1.807, 2.05) is 13.1 Å². The minimum Gasteiger partial charge on any atom is -0.359 e. The van der Waals surface area contributed by atoms with E-state index in [0.717, 1.165) is 30.5 Å². The molecular weight excluding hydrogens is 300 g/mol. The Morgan fingerprint density at radius 3 is 2.58 bits per heavy atom. The van der Waals surface area contributed by atoms with Gasteiger partial charge in [0, 0.05) is 26.2 Å². The molecule has 0 fully saturated rings. The number of aryl methyl sites for hydroxylation is 1. The van der Waals surface area contributed by atoms with Crippen molar-refractivity contribution in [3.05, 3.63) is 52.9 Å². The smallest absolute Gasteiger partial charge is 0.194 e. The van der Waals surface area contributed by atoms with Gasteiger partial charge in [0.2, 0.25) is 0 Å². The first-order valence-electron chi connectivity index (χ1n) is 8.50. The van der Waals surface area contributed by atoms with E-state index in [4.69, 9.17) is 4.52 Å². The Morgan fingerprint density at radius 1 is 1.29 bits per heavy atom. The van der Waals surface area contributed by atoms with E-state index >= 15 is 0 Å². The number of guanidine groups is 1. The SMILES string of the molecule is CCNC(=NCc1cc(C(C)C)no1)N(C)Cc1ccc(C)cc1. The number of nitrogens with one attached hydrogen (secondary N) is 1. The van der Waals surface area contributed by atoms with E-state index in [9.17, 15) is 0 Å². The van der Waals surface area contributed by atoms with Crippen LogP contribution in [0, 0.1) is 6.92 Å². The van der Waals surface area contributed by atoms with Gasteiger partial charge in [0.1, 0.15) is 6.54 Å². The maximum atomic E-state index is 5.36. The molecule has 1 heterocycles. The summed E-state index contributed by atoms with van der Waals surface area (Å²) in [5.41, 5.74) is 3.50. The summed E-state index contributed by atoms with van der Waals surface area (Å²) in [4.78, 5) is 6.79. The van der Waals surface area contributed by atoms with Crippen LogP contribution in [-0.4, -0.2) is 29.6 Å². The van der Waals surface area contributed by atoms with E-state index in [1.165, 1.54) is 11.1 Å². The molecule has 0 radical (unpaired) electrons. The van der Waals surface area contributed by atoms with Crippen LogP contribution in [0.2, 0.25) is 0 Å². The summed E-state index contributed by atoms with van der Waals surface area (Å²) in [7, 11) is 2.04. The zero-order chi connectivity index (χ0) is 17.5. The van der Waals surface area contributed by atoms with Crippen molar-refractivity contribution in [2.24, 2.45) is 4.99 Å². The van der Waals surface area contributed by atoms with Crippen LogP contribution in [0.4, 0.5) is 0 Å². The maximum Gasteiger partial charge on any atom is 0.194 e. The van der Waals surface area contributed by atoms with Gasteiger partial charge in [-0.2, -0.15) is 0 Å². The molecule has 0 amide bonds. The molecule has 1 aromatic carbocycles. The fourth-order valence-corrected chi connectivity index (χ4v) is 2.34. The zero-order valence-electron chi connectivity index (χ0n) is 15.3. The lowest BCUT2D eigenvalue weighted by atomic mass is 10.1. The summed E-state index contributed by atoms with van der Waals surface area (Å²) in [6, 6.07) is 10.6. The minimum absolute atomic E-state index is 0.365. The van der Waals surface area contributed by atoms with E-state index in [-0.39, 0.29) is 0 Å². The van der Waals surface area contributed by atoms with Gasteiger partial charge >= 0.3 is 0 Å². The lowest BCUT2D eigenvalue weighted by Gasteiger charge is -2.22. The highest BCUT2D eigenvalue weighted by Gasteiger charge is 2.10. The predicted molar refractivity (Wildman–Crippen MR) is 98.1 cm³/mol. The fraction of sp³-hybridized carbons (Fsp3) is 0.474. The molecule has 5 nitrogen and oxygen atoms in total. The molecular formula is C19H28N4O. The molecule has 0 bridgehead atoms. The van der Waals surface area contributed by atoms with Crippen molar-refractivity contribution in [2.45, 2.75) is 46.7 Å². The monoisotopic (exact) mass is 328 g/mol. The van der Waals surface area contributed by atoms with Gasteiger partial charge in [0.05, 0.1) is 5.69 Å². The molecule has 5 heteroatoms. The molecule has 0 aliphatic heterocycles. The lowest BCUT2D eigenvalue weighted by Crippen LogP contribution is -2.38. The van der Waals surface area contributed by atoms with Crippen LogP contribution in [0.5, 0.6) is 0 Å². The molecule has 130 valence electrons. The molecule has 2 rings (SSSR count). The number of aromatic nitrogens is 1. The molecule has 0 saturated heterocycles. The molecule has 0 aliphatic rings. The summed E-state index contributed by atoms with van der Waals surface area (Å²) < 4.78 is 5.36. The third kappa shape index (κ3) is 5.11. The van der Waals surface area contributed by atoms with Crippen molar-refractivity contribution in [3.63, 3.8) is 0 Å². The van der Waals surface area contributed by atoms with Gasteiger partial charge in [-0.15, -0.1) is 0 Å². The van der Waals surface area contributed by atoms with Crippen molar-refractivity contribution >= 4 is 5.96 Å². The van der Waals surface area contributed by atoms with E-state index < -0.39 is 0 Å². The Bertz CT molecular complexity index is 658. The minimum atomic E-state index is 0.365. The zero-order valence-corrected chi connectivity index (χ0v) is 15.3. The number of hydrogen-bond acceptors (Lipinski definition) is 3. The molecule has 1 aromatic heterocycles. The lowest BCUT2D eigenvalue weighted by molar-refractivity contribution is 0.375. The van der Waals surface area contributed by atoms with Gasteiger partial charge in [0.25, 0.3) is 0 Å². The Morgan fingerprint density at radius 2 is 2.00 bits per heavy atom. The molecule has 0 unspecified atom stereocenters. The van der Waals surface area contributed by atoms with E-state index in [1.54, 1.807) is 0 Å². The molecule has 0 atom stereocenters. The van der Waals surface area contributed by atoms with E-state index in [0.29, 0.717) is 12.5 Å². The second-order valence-corrected chi connectivity index (χ2v) is 6.38.